The number of nitrogens with one attached hydrogen (secondary N) is 1. The molecule has 1 aliphatic heterocycles. The molecule has 2 aromatic carbocycles. The van der Waals surface area contributed by atoms with Gasteiger partial charge in [0.05, 0.1) is 32.4 Å². The average molecular weight is 395 g/mol. The molecular formula is C22H25N3O4. The van der Waals surface area contributed by atoms with E-state index in [1.54, 1.807) is 12.1 Å². The first-order valence-electron chi connectivity index (χ1n) is 9.75. The number of ether oxygens (including phenoxy) is 3. The predicted molar refractivity (Wildman–Crippen MR) is 111 cm³/mol. The predicted octanol–water partition coefficient (Wildman–Crippen LogP) is 4.04. The number of methoxy groups -OCH3 is 3. The van der Waals surface area contributed by atoms with Crippen molar-refractivity contribution in [3.05, 3.63) is 41.7 Å². The molecule has 0 spiro atoms. The van der Waals surface area contributed by atoms with Crippen molar-refractivity contribution in [1.29, 1.82) is 0 Å². The molecule has 7 heteroatoms. The average Bonchev–Trinajstić information content (AvgIpc) is 2.91. The Morgan fingerprint density at radius 2 is 1.76 bits per heavy atom. The summed E-state index contributed by atoms with van der Waals surface area (Å²) in [5, 5.41) is 2.94. The molecule has 0 unspecified atom stereocenters. The molecule has 1 N–H and O–H groups in total. The van der Waals surface area contributed by atoms with E-state index in [2.05, 4.69) is 9.88 Å². The Balaban J connectivity index is 1.62. The zero-order valence-corrected chi connectivity index (χ0v) is 16.9. The van der Waals surface area contributed by atoms with E-state index >= 15 is 0 Å². The lowest BCUT2D eigenvalue weighted by molar-refractivity contribution is 0.102. The number of benzene rings is 2. The summed E-state index contributed by atoms with van der Waals surface area (Å²) in [6.07, 6.45) is 4.60. The van der Waals surface area contributed by atoms with Crippen molar-refractivity contribution in [1.82, 2.24) is 9.55 Å². The van der Waals surface area contributed by atoms with Crippen LogP contribution in [0, 0.1) is 0 Å². The van der Waals surface area contributed by atoms with Crippen molar-refractivity contribution in [2.24, 2.45) is 0 Å². The van der Waals surface area contributed by atoms with Crippen molar-refractivity contribution < 1.29 is 19.0 Å². The second kappa shape index (κ2) is 8.03. The Morgan fingerprint density at radius 3 is 2.45 bits per heavy atom. The van der Waals surface area contributed by atoms with E-state index in [0.29, 0.717) is 28.5 Å². The molecule has 1 aliphatic rings. The summed E-state index contributed by atoms with van der Waals surface area (Å²) in [6, 6.07) is 9.13. The molecule has 0 atom stereocenters. The van der Waals surface area contributed by atoms with E-state index in [0.717, 1.165) is 29.8 Å². The molecule has 0 aliphatic carbocycles. The van der Waals surface area contributed by atoms with Gasteiger partial charge in [0, 0.05) is 24.2 Å². The van der Waals surface area contributed by atoms with Crippen molar-refractivity contribution in [2.75, 3.05) is 26.6 Å². The Labute approximate surface area is 169 Å². The van der Waals surface area contributed by atoms with Gasteiger partial charge in [-0.1, -0.05) is 6.42 Å². The number of rotatable bonds is 5. The number of carbonyl (C=O) groups is 1. The highest BCUT2D eigenvalue weighted by molar-refractivity contribution is 6.05. The number of carbonyl (C=O) groups excluding carboxylic acids is 1. The highest BCUT2D eigenvalue weighted by Gasteiger charge is 2.18. The normalized spacial score (nSPS) is 13.5. The SMILES string of the molecule is COc1cc(C(=O)Nc2ccc3c(c2)nc2n3CCCCC2)cc(OC)c1OC. The van der Waals surface area contributed by atoms with Crippen LogP contribution in [0.3, 0.4) is 0 Å². The third-order valence-electron chi connectivity index (χ3n) is 5.29. The molecule has 7 nitrogen and oxygen atoms in total. The van der Waals surface area contributed by atoms with Gasteiger partial charge in [-0.2, -0.15) is 0 Å². The van der Waals surface area contributed by atoms with Gasteiger partial charge in [-0.25, -0.2) is 4.98 Å². The van der Waals surface area contributed by atoms with Gasteiger partial charge in [-0.3, -0.25) is 4.79 Å². The molecule has 1 aromatic heterocycles. The molecule has 0 saturated carbocycles. The van der Waals surface area contributed by atoms with Gasteiger partial charge in [0.15, 0.2) is 11.5 Å². The first-order valence-corrected chi connectivity index (χ1v) is 9.75. The molecule has 2 heterocycles. The largest absolute Gasteiger partial charge is 0.493 e. The van der Waals surface area contributed by atoms with Crippen LogP contribution in [0.4, 0.5) is 5.69 Å². The highest BCUT2D eigenvalue weighted by atomic mass is 16.5. The standard InChI is InChI=1S/C22H25N3O4/c1-27-18-11-14(12-19(28-2)21(18)29-3)22(26)23-15-8-9-17-16(13-15)24-20-7-5-4-6-10-25(17)20/h8-9,11-13H,4-7,10H2,1-3H3,(H,23,26). The number of hydrogen-bond donors (Lipinski definition) is 1. The van der Waals surface area contributed by atoms with Gasteiger partial charge in [-0.15, -0.1) is 0 Å². The van der Waals surface area contributed by atoms with Gasteiger partial charge in [0.1, 0.15) is 5.82 Å². The molecule has 3 aromatic rings. The van der Waals surface area contributed by atoms with E-state index < -0.39 is 0 Å². The Kier molecular flexibility index (Phi) is 5.29. The molecule has 1 amide bonds. The van der Waals surface area contributed by atoms with Crippen LogP contribution in [0.2, 0.25) is 0 Å². The highest BCUT2D eigenvalue weighted by Crippen LogP contribution is 2.38. The van der Waals surface area contributed by atoms with E-state index in [-0.39, 0.29) is 5.91 Å². The lowest BCUT2D eigenvalue weighted by atomic mass is 10.1. The summed E-state index contributed by atoms with van der Waals surface area (Å²) in [4.78, 5) is 17.6. The summed E-state index contributed by atoms with van der Waals surface area (Å²) >= 11 is 0. The van der Waals surface area contributed by atoms with Crippen molar-refractivity contribution in [3.8, 4) is 17.2 Å². The zero-order valence-electron chi connectivity index (χ0n) is 16.9. The van der Waals surface area contributed by atoms with Crippen LogP contribution in [0.5, 0.6) is 17.2 Å². The quantitative estimate of drug-likeness (QED) is 0.706. The monoisotopic (exact) mass is 395 g/mol. The van der Waals surface area contributed by atoms with E-state index in [9.17, 15) is 4.79 Å². The number of hydrogen-bond acceptors (Lipinski definition) is 5. The number of fused-ring (bicyclic) bond motifs is 3. The third kappa shape index (κ3) is 3.60. The minimum absolute atomic E-state index is 0.260. The van der Waals surface area contributed by atoms with Crippen LogP contribution in [-0.4, -0.2) is 36.8 Å². The molecule has 29 heavy (non-hydrogen) atoms. The van der Waals surface area contributed by atoms with Crippen LogP contribution in [-0.2, 0) is 13.0 Å². The van der Waals surface area contributed by atoms with Gasteiger partial charge in [-0.05, 0) is 43.2 Å². The fourth-order valence-corrected chi connectivity index (χ4v) is 3.84. The van der Waals surface area contributed by atoms with Gasteiger partial charge < -0.3 is 24.1 Å². The zero-order chi connectivity index (χ0) is 20.4. The molecule has 4 rings (SSSR count). The van der Waals surface area contributed by atoms with Gasteiger partial charge in [0.25, 0.3) is 5.91 Å². The fraction of sp³-hybridized carbons (Fsp3) is 0.364. The Morgan fingerprint density at radius 1 is 1.00 bits per heavy atom. The molecule has 0 fully saturated rings. The van der Waals surface area contributed by atoms with Crippen LogP contribution in [0.1, 0.15) is 35.4 Å². The minimum atomic E-state index is -0.260. The molecule has 0 bridgehead atoms. The third-order valence-corrected chi connectivity index (χ3v) is 5.29. The molecule has 0 saturated heterocycles. The molecule has 152 valence electrons. The topological polar surface area (TPSA) is 74.6 Å². The van der Waals surface area contributed by atoms with E-state index in [4.69, 9.17) is 19.2 Å². The molecular weight excluding hydrogens is 370 g/mol. The van der Waals surface area contributed by atoms with Crippen LogP contribution >= 0.6 is 0 Å². The fourth-order valence-electron chi connectivity index (χ4n) is 3.84. The number of aromatic nitrogens is 2. The number of nitrogens with zero attached hydrogens (tertiary/aromatic N) is 2. The Hall–Kier alpha value is -3.22. The second-order valence-corrected chi connectivity index (χ2v) is 7.06. The van der Waals surface area contributed by atoms with E-state index in [1.807, 2.05) is 18.2 Å². The first kappa shape index (κ1) is 19.1. The summed E-state index contributed by atoms with van der Waals surface area (Å²) < 4.78 is 18.3. The smallest absolute Gasteiger partial charge is 0.255 e. The van der Waals surface area contributed by atoms with Crippen molar-refractivity contribution >= 4 is 22.6 Å². The number of amides is 1. The van der Waals surface area contributed by atoms with Crippen LogP contribution in [0.15, 0.2) is 30.3 Å². The van der Waals surface area contributed by atoms with Gasteiger partial charge in [0.2, 0.25) is 5.75 Å². The van der Waals surface area contributed by atoms with Gasteiger partial charge >= 0.3 is 0 Å². The number of imidazole rings is 1. The lowest BCUT2D eigenvalue weighted by Crippen LogP contribution is -2.12. The van der Waals surface area contributed by atoms with Crippen molar-refractivity contribution in [2.45, 2.75) is 32.2 Å². The van der Waals surface area contributed by atoms with E-state index in [1.165, 1.54) is 40.6 Å². The maximum absolute atomic E-state index is 12.8. The van der Waals surface area contributed by atoms with Crippen LogP contribution in [0.25, 0.3) is 11.0 Å². The summed E-state index contributed by atoms with van der Waals surface area (Å²) in [7, 11) is 4.58. The second-order valence-electron chi connectivity index (χ2n) is 7.06. The van der Waals surface area contributed by atoms with Crippen molar-refractivity contribution in [3.63, 3.8) is 0 Å². The number of aryl methyl sites for hydroxylation is 2. The first-order chi connectivity index (χ1) is 14.1. The van der Waals surface area contributed by atoms with Crippen LogP contribution < -0.4 is 19.5 Å². The number of anilines is 1. The summed E-state index contributed by atoms with van der Waals surface area (Å²) in [5.41, 5.74) is 3.14. The summed E-state index contributed by atoms with van der Waals surface area (Å²) in [6.45, 7) is 1.00. The lowest BCUT2D eigenvalue weighted by Gasteiger charge is -2.14. The minimum Gasteiger partial charge on any atom is -0.493 e. The summed E-state index contributed by atoms with van der Waals surface area (Å²) in [5.74, 6) is 2.19. The molecule has 0 radical (unpaired) electrons. The Bertz CT molecular complexity index is 1030. The maximum atomic E-state index is 12.8. The maximum Gasteiger partial charge on any atom is 0.255 e.